The Labute approximate surface area is 187 Å². The number of carboxylic acid groups (broad SMARTS) is 2. The molecule has 4 N–H and O–H groups in total. The minimum absolute atomic E-state index is 0.214. The van der Waals surface area contributed by atoms with Crippen molar-refractivity contribution in [3.8, 4) is 0 Å². The highest BCUT2D eigenvalue weighted by Gasteiger charge is 2.10. The molecule has 1 heterocycles. The summed E-state index contributed by atoms with van der Waals surface area (Å²) in [6, 6.07) is 15.9. The molecule has 3 rings (SSSR count). The number of anilines is 2. The van der Waals surface area contributed by atoms with E-state index >= 15 is 0 Å². The van der Waals surface area contributed by atoms with E-state index in [0.29, 0.717) is 29.2 Å². The fourth-order valence-electron chi connectivity index (χ4n) is 2.79. The molecule has 0 radical (unpaired) electrons. The van der Waals surface area contributed by atoms with Crippen molar-refractivity contribution in [3.63, 3.8) is 0 Å². The standard InChI is InChI=1S/C21H21N5O5S/c27-17(14-4-2-1-3-5-14)24-19-23-16(12-32-19)11-8-13-6-9-15(10-7-13)22-18(25-20(28)29)26-21(30)31/h1-7,9-10,12,18,22,25-26H,8,11H2,(H,28,29)(H,30,31)(H,23,24,27)/p-2. The summed E-state index contributed by atoms with van der Waals surface area (Å²) in [7, 11) is 0. The molecule has 3 amide bonds. The molecule has 0 spiro atoms. The number of rotatable bonds is 9. The summed E-state index contributed by atoms with van der Waals surface area (Å²) in [5.74, 6) is -0.214. The van der Waals surface area contributed by atoms with Crippen molar-refractivity contribution < 1.29 is 24.6 Å². The molecule has 1 aromatic heterocycles. The average molecular weight is 453 g/mol. The lowest BCUT2D eigenvalue weighted by atomic mass is 10.1. The van der Waals surface area contributed by atoms with Crippen LogP contribution < -0.4 is 31.5 Å². The van der Waals surface area contributed by atoms with Gasteiger partial charge in [0.2, 0.25) is 0 Å². The third kappa shape index (κ3) is 6.99. The Hall–Kier alpha value is -4.12. The molecule has 166 valence electrons. The van der Waals surface area contributed by atoms with Crippen molar-refractivity contribution >= 4 is 40.2 Å². The van der Waals surface area contributed by atoms with E-state index < -0.39 is 18.5 Å². The van der Waals surface area contributed by atoms with Crippen LogP contribution in [0.25, 0.3) is 0 Å². The normalized spacial score (nSPS) is 10.4. The number of thiazole rings is 1. The van der Waals surface area contributed by atoms with Crippen LogP contribution in [0.3, 0.4) is 0 Å². The Morgan fingerprint density at radius 2 is 1.56 bits per heavy atom. The maximum Gasteiger partial charge on any atom is 0.257 e. The zero-order valence-electron chi connectivity index (χ0n) is 16.7. The number of nitrogens with zero attached hydrogens (tertiary/aromatic N) is 1. The van der Waals surface area contributed by atoms with Crippen molar-refractivity contribution in [3.05, 3.63) is 76.8 Å². The number of carbonyl (C=O) groups is 3. The highest BCUT2D eigenvalue weighted by molar-refractivity contribution is 7.14. The van der Waals surface area contributed by atoms with Gasteiger partial charge in [-0.15, -0.1) is 11.3 Å². The van der Waals surface area contributed by atoms with Gasteiger partial charge < -0.3 is 35.8 Å². The fourth-order valence-corrected chi connectivity index (χ4v) is 3.53. The summed E-state index contributed by atoms with van der Waals surface area (Å²) in [4.78, 5) is 37.9. The van der Waals surface area contributed by atoms with Crippen LogP contribution in [0.2, 0.25) is 0 Å². The zero-order valence-corrected chi connectivity index (χ0v) is 17.5. The second kappa shape index (κ2) is 10.8. The zero-order chi connectivity index (χ0) is 22.9. The number of aromatic nitrogens is 1. The van der Waals surface area contributed by atoms with Crippen molar-refractivity contribution in [1.82, 2.24) is 15.6 Å². The van der Waals surface area contributed by atoms with E-state index in [1.807, 2.05) is 34.2 Å². The summed E-state index contributed by atoms with van der Waals surface area (Å²) in [6.45, 7) is 0. The van der Waals surface area contributed by atoms with E-state index in [0.717, 1.165) is 11.3 Å². The molecule has 32 heavy (non-hydrogen) atoms. The molecule has 2 aromatic carbocycles. The maximum absolute atomic E-state index is 12.2. The minimum Gasteiger partial charge on any atom is -0.530 e. The molecule has 11 heteroatoms. The lowest BCUT2D eigenvalue weighted by Crippen LogP contribution is -2.58. The molecule has 0 saturated carbocycles. The number of hydrogen-bond donors (Lipinski definition) is 4. The van der Waals surface area contributed by atoms with Gasteiger partial charge >= 0.3 is 0 Å². The van der Waals surface area contributed by atoms with E-state index in [1.165, 1.54) is 11.3 Å². The molecule has 3 aromatic rings. The van der Waals surface area contributed by atoms with E-state index in [9.17, 15) is 24.6 Å². The first-order valence-electron chi connectivity index (χ1n) is 9.50. The lowest BCUT2D eigenvalue weighted by molar-refractivity contribution is -0.255. The Balaban J connectivity index is 1.51. The van der Waals surface area contributed by atoms with Crippen LogP contribution in [0.4, 0.5) is 20.4 Å². The third-order valence-corrected chi connectivity index (χ3v) is 5.07. The topological polar surface area (TPSA) is 158 Å². The van der Waals surface area contributed by atoms with Crippen LogP contribution in [0, 0.1) is 0 Å². The van der Waals surface area contributed by atoms with E-state index in [4.69, 9.17) is 0 Å². The predicted molar refractivity (Wildman–Crippen MR) is 115 cm³/mol. The number of aryl methyl sites for hydroxylation is 2. The van der Waals surface area contributed by atoms with Gasteiger partial charge in [-0.25, -0.2) is 4.98 Å². The first-order chi connectivity index (χ1) is 15.4. The molecular formula is C21H19N5O5S-2. The quantitative estimate of drug-likeness (QED) is 0.348. The van der Waals surface area contributed by atoms with Crippen LogP contribution in [0.1, 0.15) is 21.6 Å². The Morgan fingerprint density at radius 3 is 2.19 bits per heavy atom. The van der Waals surface area contributed by atoms with Crippen LogP contribution in [-0.2, 0) is 12.8 Å². The summed E-state index contributed by atoms with van der Waals surface area (Å²) in [5, 5.41) is 32.9. The predicted octanol–water partition coefficient (Wildman–Crippen LogP) is 0.742. The highest BCUT2D eigenvalue weighted by Crippen LogP contribution is 2.19. The van der Waals surface area contributed by atoms with Gasteiger partial charge in [0, 0.05) is 16.6 Å². The van der Waals surface area contributed by atoms with Crippen molar-refractivity contribution in [2.24, 2.45) is 0 Å². The SMILES string of the molecule is O=C([O-])NC(NC(=O)[O-])Nc1ccc(CCc2csc(NC(=O)c3ccccc3)n2)cc1. The van der Waals surface area contributed by atoms with Gasteiger partial charge in [0.15, 0.2) is 11.4 Å². The van der Waals surface area contributed by atoms with Crippen LogP contribution >= 0.6 is 11.3 Å². The lowest BCUT2D eigenvalue weighted by Gasteiger charge is -2.24. The molecule has 0 unspecified atom stereocenters. The number of hydrogen-bond acceptors (Lipinski definition) is 8. The van der Waals surface area contributed by atoms with E-state index in [1.54, 1.807) is 36.4 Å². The Kier molecular flexibility index (Phi) is 7.60. The molecule has 0 aliphatic rings. The number of carbonyl (C=O) groups excluding carboxylic acids is 3. The monoisotopic (exact) mass is 453 g/mol. The van der Waals surface area contributed by atoms with Gasteiger partial charge in [-0.05, 0) is 42.7 Å². The summed E-state index contributed by atoms with van der Waals surface area (Å²) in [6.07, 6.45) is -3.25. The Bertz CT molecular complexity index is 1060. The summed E-state index contributed by atoms with van der Waals surface area (Å²) in [5.41, 5.74) is 2.89. The first kappa shape index (κ1) is 22.6. The molecular weight excluding hydrogens is 434 g/mol. The minimum atomic E-state index is -1.64. The average Bonchev–Trinajstić information content (AvgIpc) is 3.20. The van der Waals surface area contributed by atoms with Gasteiger partial charge in [0.25, 0.3) is 5.91 Å². The molecule has 0 aliphatic carbocycles. The Morgan fingerprint density at radius 1 is 0.906 bits per heavy atom. The molecule has 0 bridgehead atoms. The number of nitrogens with one attached hydrogen (secondary N) is 4. The van der Waals surface area contributed by atoms with Crippen molar-refractivity contribution in [1.29, 1.82) is 0 Å². The van der Waals surface area contributed by atoms with Gasteiger partial charge in [0.05, 0.1) is 5.69 Å². The van der Waals surface area contributed by atoms with Crippen LogP contribution in [0.15, 0.2) is 60.0 Å². The summed E-state index contributed by atoms with van der Waals surface area (Å²) >= 11 is 1.35. The van der Waals surface area contributed by atoms with Gasteiger partial charge in [-0.2, -0.15) is 0 Å². The van der Waals surface area contributed by atoms with Gasteiger partial charge in [0.1, 0.15) is 12.2 Å². The highest BCUT2D eigenvalue weighted by atomic mass is 32.1. The largest absolute Gasteiger partial charge is 0.530 e. The fraction of sp³-hybridized carbons (Fsp3) is 0.143. The molecule has 0 atom stereocenters. The molecule has 0 aliphatic heterocycles. The van der Waals surface area contributed by atoms with Gasteiger partial charge in [-0.3, -0.25) is 10.1 Å². The van der Waals surface area contributed by atoms with Crippen molar-refractivity contribution in [2.75, 3.05) is 10.6 Å². The molecule has 0 fully saturated rings. The van der Waals surface area contributed by atoms with Crippen LogP contribution in [0.5, 0.6) is 0 Å². The van der Waals surface area contributed by atoms with Gasteiger partial charge in [-0.1, -0.05) is 30.3 Å². The second-order valence-corrected chi connectivity index (χ2v) is 7.46. The first-order valence-corrected chi connectivity index (χ1v) is 10.4. The third-order valence-electron chi connectivity index (χ3n) is 4.27. The van der Waals surface area contributed by atoms with Crippen molar-refractivity contribution in [2.45, 2.75) is 19.1 Å². The molecule has 10 nitrogen and oxygen atoms in total. The number of amides is 3. The second-order valence-electron chi connectivity index (χ2n) is 6.60. The summed E-state index contributed by atoms with van der Waals surface area (Å²) < 4.78 is 0. The van der Waals surface area contributed by atoms with Crippen LogP contribution in [-0.4, -0.2) is 29.4 Å². The maximum atomic E-state index is 12.2. The van der Waals surface area contributed by atoms with E-state index in [2.05, 4.69) is 15.6 Å². The van der Waals surface area contributed by atoms with E-state index in [-0.39, 0.29) is 5.91 Å². The smallest absolute Gasteiger partial charge is 0.257 e. The number of benzene rings is 2. The molecule has 0 saturated heterocycles.